The predicted molar refractivity (Wildman–Crippen MR) is 148 cm³/mol. The number of nitrogens with zero attached hydrogens (tertiary/aromatic N) is 2. The molecule has 0 spiro atoms. The molecule has 0 fully saturated rings. The first-order valence-corrected chi connectivity index (χ1v) is 13.0. The van der Waals surface area contributed by atoms with Crippen molar-refractivity contribution in [2.75, 3.05) is 13.7 Å². The van der Waals surface area contributed by atoms with E-state index in [9.17, 15) is 33.1 Å². The molecule has 0 radical (unpaired) electrons. The highest BCUT2D eigenvalue weighted by atomic mass is 19.1. The number of nitrogens with one attached hydrogen (secondary N) is 3. The summed E-state index contributed by atoms with van der Waals surface area (Å²) in [5.41, 5.74) is 0.904. The Hall–Kier alpha value is -4.98. The number of aryl methyl sites for hydroxylation is 1. The number of amides is 2. The molecular formula is C29H31F2N5O7. The highest BCUT2D eigenvalue weighted by Gasteiger charge is 2.26. The molecule has 2 amide bonds. The van der Waals surface area contributed by atoms with Crippen molar-refractivity contribution in [1.82, 2.24) is 26.1 Å². The van der Waals surface area contributed by atoms with Crippen molar-refractivity contribution in [2.24, 2.45) is 0 Å². The number of benzene rings is 2. The maximum absolute atomic E-state index is 13.9. The summed E-state index contributed by atoms with van der Waals surface area (Å²) >= 11 is 0. The summed E-state index contributed by atoms with van der Waals surface area (Å²) in [7, 11) is 1.43. The fourth-order valence-electron chi connectivity index (χ4n) is 4.02. The minimum absolute atomic E-state index is 0.183. The van der Waals surface area contributed by atoms with Gasteiger partial charge in [0, 0.05) is 23.2 Å². The molecule has 4 N–H and O–H groups in total. The number of aliphatic carboxylic acids is 1. The van der Waals surface area contributed by atoms with Crippen molar-refractivity contribution in [3.05, 3.63) is 76.3 Å². The lowest BCUT2D eigenvalue weighted by Crippen LogP contribution is -2.48. The van der Waals surface area contributed by atoms with Gasteiger partial charge in [0.1, 0.15) is 23.1 Å². The van der Waals surface area contributed by atoms with Crippen LogP contribution >= 0.6 is 0 Å². The van der Waals surface area contributed by atoms with E-state index in [1.54, 1.807) is 39.0 Å². The van der Waals surface area contributed by atoms with Gasteiger partial charge in [0.15, 0.2) is 11.6 Å². The second-order valence-electron chi connectivity index (χ2n) is 9.67. The summed E-state index contributed by atoms with van der Waals surface area (Å²) in [6.07, 6.45) is -0.981. The number of carboxylic acids is 1. The van der Waals surface area contributed by atoms with E-state index >= 15 is 0 Å². The Morgan fingerprint density at radius 1 is 1.09 bits per heavy atom. The van der Waals surface area contributed by atoms with E-state index in [0.29, 0.717) is 28.3 Å². The van der Waals surface area contributed by atoms with E-state index in [2.05, 4.69) is 26.1 Å². The predicted octanol–water partition coefficient (Wildman–Crippen LogP) is 2.60. The van der Waals surface area contributed by atoms with Gasteiger partial charge in [0.05, 0.1) is 32.5 Å². The zero-order valence-corrected chi connectivity index (χ0v) is 23.9. The van der Waals surface area contributed by atoms with Gasteiger partial charge in [-0.25, -0.2) is 8.78 Å². The van der Waals surface area contributed by atoms with Gasteiger partial charge < -0.3 is 30.3 Å². The van der Waals surface area contributed by atoms with Crippen molar-refractivity contribution in [2.45, 2.75) is 46.2 Å². The van der Waals surface area contributed by atoms with Gasteiger partial charge >= 0.3 is 5.97 Å². The van der Waals surface area contributed by atoms with Crippen LogP contribution in [0.5, 0.6) is 5.75 Å². The van der Waals surface area contributed by atoms with Crippen LogP contribution in [0.15, 0.2) is 52.2 Å². The SMILES string of the molecule is COc1ccc(-c2nc(C)no2)cc1CC(=O)NC(C(=O)NC(CC(=O)O)C(=O)CNCc1c(F)cccc1F)=C(C)C. The summed E-state index contributed by atoms with van der Waals surface area (Å²) in [4.78, 5) is 54.5. The number of ether oxygens (including phenoxy) is 1. The van der Waals surface area contributed by atoms with Gasteiger partial charge in [0.2, 0.25) is 5.91 Å². The molecule has 0 aliphatic heterocycles. The number of hydrogen-bond donors (Lipinski definition) is 4. The van der Waals surface area contributed by atoms with Gasteiger partial charge in [-0.2, -0.15) is 4.98 Å². The minimum Gasteiger partial charge on any atom is -0.496 e. The van der Waals surface area contributed by atoms with E-state index in [1.165, 1.54) is 13.2 Å². The lowest BCUT2D eigenvalue weighted by Gasteiger charge is -2.19. The summed E-state index contributed by atoms with van der Waals surface area (Å²) in [6, 6.07) is 6.77. The molecule has 0 saturated heterocycles. The van der Waals surface area contributed by atoms with Gasteiger partial charge in [-0.15, -0.1) is 0 Å². The van der Waals surface area contributed by atoms with Crippen LogP contribution in [0.2, 0.25) is 0 Å². The molecule has 228 valence electrons. The van der Waals surface area contributed by atoms with Gasteiger partial charge in [-0.05, 0) is 56.7 Å². The third-order valence-corrected chi connectivity index (χ3v) is 6.13. The molecule has 0 saturated carbocycles. The normalized spacial score (nSPS) is 11.4. The Morgan fingerprint density at radius 3 is 2.37 bits per heavy atom. The lowest BCUT2D eigenvalue weighted by atomic mass is 10.1. The summed E-state index contributed by atoms with van der Waals surface area (Å²) in [5, 5.41) is 20.5. The quantitative estimate of drug-likeness (QED) is 0.202. The van der Waals surface area contributed by atoms with Crippen LogP contribution in [0.4, 0.5) is 8.78 Å². The van der Waals surface area contributed by atoms with E-state index < -0.39 is 54.2 Å². The number of aromatic nitrogens is 2. The average molecular weight is 600 g/mol. The molecule has 0 aliphatic carbocycles. The van der Waals surface area contributed by atoms with Crippen molar-refractivity contribution < 1.29 is 42.3 Å². The number of methoxy groups -OCH3 is 1. The molecule has 0 bridgehead atoms. The number of ketones is 1. The molecule has 14 heteroatoms. The molecule has 1 unspecified atom stereocenters. The van der Waals surface area contributed by atoms with Crippen LogP contribution in [0.1, 0.15) is 37.2 Å². The highest BCUT2D eigenvalue weighted by molar-refractivity contribution is 6.01. The van der Waals surface area contributed by atoms with Crippen LogP contribution in [-0.2, 0) is 32.1 Å². The molecule has 2 aromatic carbocycles. The zero-order valence-electron chi connectivity index (χ0n) is 23.9. The standard InChI is InChI=1S/C29H31F2N5O7/c1-15(2)27(35-25(38)11-18-10-17(8-9-24(18)42-4)29-33-16(3)36-43-29)28(41)34-22(12-26(39)40)23(37)14-32-13-19-20(30)6-5-7-21(19)31/h5-10,22,32H,11-14H2,1-4H3,(H,34,41)(H,35,38)(H,39,40). The number of hydrogen-bond acceptors (Lipinski definition) is 9. The first-order valence-electron chi connectivity index (χ1n) is 13.0. The third kappa shape index (κ3) is 9.00. The first-order chi connectivity index (χ1) is 20.4. The van der Waals surface area contributed by atoms with Crippen LogP contribution < -0.4 is 20.7 Å². The maximum atomic E-state index is 13.9. The largest absolute Gasteiger partial charge is 0.496 e. The molecular weight excluding hydrogens is 568 g/mol. The van der Waals surface area contributed by atoms with Crippen LogP contribution in [-0.4, -0.2) is 58.5 Å². The number of carbonyl (C=O) groups excluding carboxylic acids is 3. The van der Waals surface area contributed by atoms with E-state index in [-0.39, 0.29) is 30.1 Å². The molecule has 3 rings (SSSR count). The fraction of sp³-hybridized carbons (Fsp3) is 0.310. The summed E-state index contributed by atoms with van der Waals surface area (Å²) in [5.74, 6) is -4.16. The number of allylic oxidation sites excluding steroid dienone is 1. The van der Waals surface area contributed by atoms with Gasteiger partial charge in [-0.3, -0.25) is 19.2 Å². The Balaban J connectivity index is 1.69. The van der Waals surface area contributed by atoms with Crippen molar-refractivity contribution >= 4 is 23.6 Å². The highest BCUT2D eigenvalue weighted by Crippen LogP contribution is 2.26. The zero-order chi connectivity index (χ0) is 31.7. The molecule has 1 aromatic heterocycles. The Kier molecular flexibility index (Phi) is 11.2. The van der Waals surface area contributed by atoms with Crippen LogP contribution in [0, 0.1) is 18.6 Å². The molecule has 43 heavy (non-hydrogen) atoms. The summed E-state index contributed by atoms with van der Waals surface area (Å²) < 4.78 is 38.3. The maximum Gasteiger partial charge on any atom is 0.305 e. The van der Waals surface area contributed by atoms with Crippen molar-refractivity contribution in [1.29, 1.82) is 0 Å². The van der Waals surface area contributed by atoms with Crippen LogP contribution in [0.3, 0.4) is 0 Å². The average Bonchev–Trinajstić information content (AvgIpc) is 3.38. The Labute approximate surface area is 245 Å². The van der Waals surface area contributed by atoms with E-state index in [0.717, 1.165) is 12.1 Å². The van der Waals surface area contributed by atoms with Crippen LogP contribution in [0.25, 0.3) is 11.5 Å². The lowest BCUT2D eigenvalue weighted by molar-refractivity contribution is -0.140. The second-order valence-corrected chi connectivity index (χ2v) is 9.67. The molecule has 12 nitrogen and oxygen atoms in total. The van der Waals surface area contributed by atoms with E-state index in [4.69, 9.17) is 9.26 Å². The first kappa shape index (κ1) is 32.5. The number of rotatable bonds is 14. The number of carboxylic acid groups (broad SMARTS) is 1. The smallest absolute Gasteiger partial charge is 0.305 e. The number of halogens is 2. The van der Waals surface area contributed by atoms with E-state index in [1.807, 2.05) is 0 Å². The number of Topliss-reactive ketones (excluding diaryl/α,β-unsaturated/α-hetero) is 1. The Bertz CT molecular complexity index is 1530. The Morgan fingerprint density at radius 2 is 1.79 bits per heavy atom. The van der Waals surface area contributed by atoms with Crippen molar-refractivity contribution in [3.63, 3.8) is 0 Å². The van der Waals surface area contributed by atoms with Crippen molar-refractivity contribution in [3.8, 4) is 17.2 Å². The van der Waals surface area contributed by atoms with Gasteiger partial charge in [-0.1, -0.05) is 11.2 Å². The monoisotopic (exact) mass is 599 g/mol. The number of carbonyl (C=O) groups is 4. The molecule has 1 atom stereocenters. The molecule has 3 aromatic rings. The second kappa shape index (κ2) is 14.8. The fourth-order valence-corrected chi connectivity index (χ4v) is 4.02. The molecule has 0 aliphatic rings. The minimum atomic E-state index is -1.50. The third-order valence-electron chi connectivity index (χ3n) is 6.13. The van der Waals surface area contributed by atoms with Gasteiger partial charge in [0.25, 0.3) is 11.8 Å². The molecule has 1 heterocycles. The topological polar surface area (TPSA) is 173 Å². The summed E-state index contributed by atoms with van der Waals surface area (Å²) in [6.45, 7) is 3.93.